The minimum Gasteiger partial charge on any atom is -0.336 e. The Morgan fingerprint density at radius 2 is 1.40 bits per heavy atom. The Morgan fingerprint density at radius 1 is 0.857 bits per heavy atom. The number of nitro groups is 1. The van der Waals surface area contributed by atoms with E-state index < -0.39 is 4.92 Å². The molecule has 9 nitrogen and oxygen atoms in total. The van der Waals surface area contributed by atoms with Crippen LogP contribution in [0.25, 0.3) is 0 Å². The van der Waals surface area contributed by atoms with Crippen molar-refractivity contribution in [1.29, 1.82) is 0 Å². The lowest BCUT2D eigenvalue weighted by molar-refractivity contribution is -0.384. The molecule has 0 aliphatic rings. The van der Waals surface area contributed by atoms with Gasteiger partial charge >= 0.3 is 12.1 Å². The lowest BCUT2D eigenvalue weighted by Crippen LogP contribution is -2.51. The van der Waals surface area contributed by atoms with Gasteiger partial charge < -0.3 is 20.9 Å². The molecule has 0 fully saturated rings. The minimum absolute atomic E-state index is 0.00611. The van der Waals surface area contributed by atoms with Gasteiger partial charge in [0.2, 0.25) is 0 Å². The van der Waals surface area contributed by atoms with Gasteiger partial charge in [0, 0.05) is 36.6 Å². The van der Waals surface area contributed by atoms with E-state index in [0.29, 0.717) is 11.4 Å². The molecule has 3 aromatic rings. The number of nitrogens with zero attached hydrogens (tertiary/aromatic N) is 2. The van der Waals surface area contributed by atoms with Crippen LogP contribution in [0.5, 0.6) is 0 Å². The number of carbonyl (C=O) groups is 2. The number of nitrogens with one attached hydrogen (secondary N) is 3. The summed E-state index contributed by atoms with van der Waals surface area (Å²) in [5, 5.41) is 19.6. The number of carbonyl (C=O) groups excluding carboxylic acids is 2. The summed E-state index contributed by atoms with van der Waals surface area (Å²) in [5.41, 5.74) is 2.02. The van der Waals surface area contributed by atoms with E-state index in [1.54, 1.807) is 41.3 Å². The molecule has 3 aromatic carbocycles. The zero-order valence-corrected chi connectivity index (χ0v) is 19.7. The van der Waals surface area contributed by atoms with Gasteiger partial charge in [-0.3, -0.25) is 10.1 Å². The first kappa shape index (κ1) is 25.2. The van der Waals surface area contributed by atoms with E-state index in [1.807, 2.05) is 50.2 Å². The van der Waals surface area contributed by atoms with Crippen LogP contribution in [0.1, 0.15) is 19.4 Å². The Labute approximate surface area is 204 Å². The highest BCUT2D eigenvalue weighted by Crippen LogP contribution is 2.19. The monoisotopic (exact) mass is 475 g/mol. The van der Waals surface area contributed by atoms with Crippen LogP contribution in [-0.4, -0.2) is 34.5 Å². The molecule has 0 aliphatic carbocycles. The van der Waals surface area contributed by atoms with Crippen molar-refractivity contribution in [1.82, 2.24) is 10.2 Å². The first-order valence-corrected chi connectivity index (χ1v) is 11.3. The Morgan fingerprint density at radius 3 is 1.91 bits per heavy atom. The normalized spacial score (nSPS) is 11.4. The number of rotatable bonds is 9. The Hall–Kier alpha value is -4.40. The first-order chi connectivity index (χ1) is 16.8. The average molecular weight is 476 g/mol. The summed E-state index contributed by atoms with van der Waals surface area (Å²) in [6, 6.07) is 23.2. The highest BCUT2D eigenvalue weighted by atomic mass is 16.6. The number of nitro benzene ring substituents is 1. The largest absolute Gasteiger partial charge is 0.336 e. The van der Waals surface area contributed by atoms with E-state index in [-0.39, 0.29) is 42.8 Å². The van der Waals surface area contributed by atoms with E-state index in [2.05, 4.69) is 16.0 Å². The smallest absolute Gasteiger partial charge is 0.322 e. The predicted octanol–water partition coefficient (Wildman–Crippen LogP) is 5.48. The standard InChI is InChI=1S/C26H29N5O4/c1-19(2)24(17-27-25(32)28-21-9-5-3-6-10-21)30(26(33)29-22-11-7-4-8-12-22)18-20-13-15-23(16-14-20)31(34)35/h3-16,19,24H,17-18H2,1-2H3,(H,29,33)(H2,27,28,32). The Balaban J connectivity index is 1.78. The quantitative estimate of drug-likeness (QED) is 0.281. The van der Waals surface area contributed by atoms with Crippen LogP contribution in [-0.2, 0) is 6.54 Å². The lowest BCUT2D eigenvalue weighted by Gasteiger charge is -2.35. The fourth-order valence-electron chi connectivity index (χ4n) is 3.58. The maximum Gasteiger partial charge on any atom is 0.322 e. The third-order valence-electron chi connectivity index (χ3n) is 5.46. The zero-order chi connectivity index (χ0) is 25.2. The topological polar surface area (TPSA) is 117 Å². The van der Waals surface area contributed by atoms with Gasteiger partial charge in [-0.25, -0.2) is 9.59 Å². The molecule has 0 saturated carbocycles. The highest BCUT2D eigenvalue weighted by molar-refractivity contribution is 5.90. The molecule has 0 aliphatic heterocycles. The van der Waals surface area contributed by atoms with Crippen LogP contribution in [0.4, 0.5) is 26.7 Å². The van der Waals surface area contributed by atoms with Crippen LogP contribution in [0, 0.1) is 16.0 Å². The molecule has 3 N–H and O–H groups in total. The summed E-state index contributed by atoms with van der Waals surface area (Å²) in [4.78, 5) is 38.0. The van der Waals surface area contributed by atoms with Crippen molar-refractivity contribution >= 4 is 29.1 Å². The third kappa shape index (κ3) is 7.56. The Bertz CT molecular complexity index is 1120. The van der Waals surface area contributed by atoms with Crippen LogP contribution < -0.4 is 16.0 Å². The molecule has 0 radical (unpaired) electrons. The summed E-state index contributed by atoms with van der Waals surface area (Å²) in [5.74, 6) is 0.00611. The van der Waals surface area contributed by atoms with Crippen LogP contribution in [0.15, 0.2) is 84.9 Å². The molecule has 0 heterocycles. The molecule has 0 saturated heterocycles. The number of benzene rings is 3. The number of para-hydroxylation sites is 2. The molecular weight excluding hydrogens is 446 g/mol. The van der Waals surface area contributed by atoms with Gasteiger partial charge in [0.1, 0.15) is 0 Å². The number of non-ortho nitro benzene ring substituents is 1. The Kier molecular flexibility index (Phi) is 8.77. The molecule has 182 valence electrons. The number of amides is 4. The fourth-order valence-corrected chi connectivity index (χ4v) is 3.58. The van der Waals surface area contributed by atoms with E-state index in [9.17, 15) is 19.7 Å². The van der Waals surface area contributed by atoms with E-state index in [1.165, 1.54) is 12.1 Å². The SMILES string of the molecule is CC(C)C(CNC(=O)Nc1ccccc1)N(Cc1ccc([N+](=O)[O-])cc1)C(=O)Nc1ccccc1. The van der Waals surface area contributed by atoms with Crippen molar-refractivity contribution < 1.29 is 14.5 Å². The maximum atomic E-state index is 13.4. The van der Waals surface area contributed by atoms with Crippen molar-refractivity contribution in [3.63, 3.8) is 0 Å². The molecule has 3 rings (SSSR count). The van der Waals surface area contributed by atoms with Crippen LogP contribution in [0.2, 0.25) is 0 Å². The average Bonchev–Trinajstić information content (AvgIpc) is 2.84. The number of anilines is 2. The maximum absolute atomic E-state index is 13.4. The fraction of sp³-hybridized carbons (Fsp3) is 0.231. The second kappa shape index (κ2) is 12.2. The minimum atomic E-state index is -0.462. The predicted molar refractivity (Wildman–Crippen MR) is 136 cm³/mol. The molecule has 0 bridgehead atoms. The molecule has 35 heavy (non-hydrogen) atoms. The lowest BCUT2D eigenvalue weighted by atomic mass is 10.0. The van der Waals surface area contributed by atoms with Crippen molar-refractivity contribution in [3.05, 3.63) is 101 Å². The van der Waals surface area contributed by atoms with Gasteiger partial charge in [-0.1, -0.05) is 62.4 Å². The summed E-state index contributed by atoms with van der Waals surface area (Å²) >= 11 is 0. The second-order valence-electron chi connectivity index (χ2n) is 8.36. The van der Waals surface area contributed by atoms with E-state index >= 15 is 0 Å². The van der Waals surface area contributed by atoms with Crippen LogP contribution in [0.3, 0.4) is 0 Å². The van der Waals surface area contributed by atoms with Gasteiger partial charge in [-0.15, -0.1) is 0 Å². The van der Waals surface area contributed by atoms with Crippen LogP contribution >= 0.6 is 0 Å². The summed E-state index contributed by atoms with van der Waals surface area (Å²) in [6.45, 7) is 4.37. The van der Waals surface area contributed by atoms with Gasteiger partial charge in [-0.2, -0.15) is 0 Å². The van der Waals surface area contributed by atoms with Crippen molar-refractivity contribution in [2.45, 2.75) is 26.4 Å². The van der Waals surface area contributed by atoms with Gasteiger partial charge in [0.05, 0.1) is 11.0 Å². The zero-order valence-electron chi connectivity index (χ0n) is 19.7. The highest BCUT2D eigenvalue weighted by Gasteiger charge is 2.27. The molecule has 1 atom stereocenters. The van der Waals surface area contributed by atoms with Gasteiger partial charge in [-0.05, 0) is 35.7 Å². The van der Waals surface area contributed by atoms with E-state index in [4.69, 9.17) is 0 Å². The first-order valence-electron chi connectivity index (χ1n) is 11.3. The second-order valence-corrected chi connectivity index (χ2v) is 8.36. The number of urea groups is 2. The summed E-state index contributed by atoms with van der Waals surface area (Å²) in [6.07, 6.45) is 0. The van der Waals surface area contributed by atoms with Crippen molar-refractivity contribution in [3.8, 4) is 0 Å². The molecule has 0 spiro atoms. The number of hydrogen-bond donors (Lipinski definition) is 3. The summed E-state index contributed by atoms with van der Waals surface area (Å²) in [7, 11) is 0. The molecule has 1 unspecified atom stereocenters. The van der Waals surface area contributed by atoms with Crippen molar-refractivity contribution in [2.75, 3.05) is 17.2 Å². The third-order valence-corrected chi connectivity index (χ3v) is 5.46. The van der Waals surface area contributed by atoms with Crippen molar-refractivity contribution in [2.24, 2.45) is 5.92 Å². The van der Waals surface area contributed by atoms with E-state index in [0.717, 1.165) is 5.56 Å². The molecule has 9 heteroatoms. The molecule has 0 aromatic heterocycles. The number of hydrogen-bond acceptors (Lipinski definition) is 4. The molecule has 4 amide bonds. The van der Waals surface area contributed by atoms with Gasteiger partial charge in [0.25, 0.3) is 5.69 Å². The van der Waals surface area contributed by atoms with Gasteiger partial charge in [0.15, 0.2) is 0 Å². The summed E-state index contributed by atoms with van der Waals surface area (Å²) < 4.78 is 0. The molecular formula is C26H29N5O4.